The van der Waals surface area contributed by atoms with Gasteiger partial charge in [-0.05, 0) is 49.3 Å². The summed E-state index contributed by atoms with van der Waals surface area (Å²) in [4.78, 5) is 11.4. The maximum atomic E-state index is 4.56. The van der Waals surface area contributed by atoms with Crippen LogP contribution in [-0.2, 0) is 6.54 Å². The smallest absolute Gasteiger partial charge is 0.141 e. The summed E-state index contributed by atoms with van der Waals surface area (Å²) in [5.41, 5.74) is 1.29. The highest BCUT2D eigenvalue weighted by atomic mass is 15.2. The van der Waals surface area contributed by atoms with Gasteiger partial charge in [0.1, 0.15) is 18.0 Å². The van der Waals surface area contributed by atoms with E-state index in [9.17, 15) is 0 Å². The van der Waals surface area contributed by atoms with Gasteiger partial charge in [-0.2, -0.15) is 5.10 Å². The molecular formula is C19H28N6. The van der Waals surface area contributed by atoms with Crippen molar-refractivity contribution in [2.45, 2.75) is 57.5 Å². The molecule has 1 aliphatic carbocycles. The lowest BCUT2D eigenvalue weighted by atomic mass is 9.83. The van der Waals surface area contributed by atoms with Crippen LogP contribution in [0.4, 0.5) is 5.82 Å². The average molecular weight is 340 g/mol. The standard InChI is InChI=1S/C19H28N6/c1-2-6-16(7-3-1)18(19-22-14-23-24-19)21-13-15-8-9-20-17(12-15)25-10-4-5-11-25/h8-9,12,14,16,18,21H,1-7,10-11,13H2,(H,22,23,24). The fourth-order valence-electron chi connectivity index (χ4n) is 4.24. The Labute approximate surface area is 149 Å². The Hall–Kier alpha value is -1.95. The van der Waals surface area contributed by atoms with Crippen molar-refractivity contribution in [2.75, 3.05) is 18.0 Å². The van der Waals surface area contributed by atoms with E-state index in [0.29, 0.717) is 5.92 Å². The van der Waals surface area contributed by atoms with Crippen molar-refractivity contribution in [1.29, 1.82) is 0 Å². The molecule has 3 heterocycles. The molecule has 1 atom stereocenters. The molecule has 2 aromatic heterocycles. The molecule has 0 radical (unpaired) electrons. The number of hydrogen-bond acceptors (Lipinski definition) is 5. The second-order valence-corrected chi connectivity index (χ2v) is 7.34. The van der Waals surface area contributed by atoms with Crippen LogP contribution in [0.1, 0.15) is 62.4 Å². The number of hydrogen-bond donors (Lipinski definition) is 2. The molecule has 1 saturated heterocycles. The first-order valence-corrected chi connectivity index (χ1v) is 9.69. The summed E-state index contributed by atoms with van der Waals surface area (Å²) in [6.45, 7) is 3.10. The summed E-state index contributed by atoms with van der Waals surface area (Å²) in [6.07, 6.45) is 12.7. The van der Waals surface area contributed by atoms with Crippen LogP contribution >= 0.6 is 0 Å². The summed E-state index contributed by atoms with van der Waals surface area (Å²) < 4.78 is 0. The molecular weight excluding hydrogens is 312 g/mol. The predicted octanol–water partition coefficient (Wildman–Crippen LogP) is 3.21. The lowest BCUT2D eigenvalue weighted by molar-refractivity contribution is 0.262. The van der Waals surface area contributed by atoms with Gasteiger partial charge < -0.3 is 10.2 Å². The zero-order valence-electron chi connectivity index (χ0n) is 14.8. The van der Waals surface area contributed by atoms with E-state index < -0.39 is 0 Å². The Kier molecular flexibility index (Phi) is 5.25. The van der Waals surface area contributed by atoms with Crippen molar-refractivity contribution in [3.05, 3.63) is 36.0 Å². The van der Waals surface area contributed by atoms with Crippen LogP contribution in [0, 0.1) is 5.92 Å². The number of nitrogens with zero attached hydrogens (tertiary/aromatic N) is 4. The summed E-state index contributed by atoms with van der Waals surface area (Å²) in [7, 11) is 0. The van der Waals surface area contributed by atoms with E-state index in [1.807, 2.05) is 6.20 Å². The quantitative estimate of drug-likeness (QED) is 0.845. The van der Waals surface area contributed by atoms with E-state index >= 15 is 0 Å². The first kappa shape index (κ1) is 16.5. The van der Waals surface area contributed by atoms with Crippen LogP contribution in [0.25, 0.3) is 0 Å². The minimum atomic E-state index is 0.256. The summed E-state index contributed by atoms with van der Waals surface area (Å²) >= 11 is 0. The molecule has 25 heavy (non-hydrogen) atoms. The van der Waals surface area contributed by atoms with E-state index in [4.69, 9.17) is 0 Å². The van der Waals surface area contributed by atoms with Gasteiger partial charge >= 0.3 is 0 Å². The molecule has 2 aromatic rings. The minimum absolute atomic E-state index is 0.256. The van der Waals surface area contributed by atoms with Crippen molar-refractivity contribution >= 4 is 5.82 Å². The number of pyridine rings is 1. The predicted molar refractivity (Wildman–Crippen MR) is 98.2 cm³/mol. The van der Waals surface area contributed by atoms with E-state index in [2.05, 4.69) is 42.5 Å². The van der Waals surface area contributed by atoms with Crippen LogP contribution < -0.4 is 10.2 Å². The molecule has 6 heteroatoms. The third kappa shape index (κ3) is 4.00. The summed E-state index contributed by atoms with van der Waals surface area (Å²) in [5.74, 6) is 2.73. The first-order valence-electron chi connectivity index (χ1n) is 9.69. The third-order valence-corrected chi connectivity index (χ3v) is 5.62. The van der Waals surface area contributed by atoms with Crippen LogP contribution in [0.5, 0.6) is 0 Å². The molecule has 1 saturated carbocycles. The molecule has 1 aliphatic heterocycles. The fourth-order valence-corrected chi connectivity index (χ4v) is 4.24. The number of H-pyrrole nitrogens is 1. The Balaban J connectivity index is 1.44. The molecule has 1 unspecified atom stereocenters. The van der Waals surface area contributed by atoms with Gasteiger partial charge in [-0.25, -0.2) is 9.97 Å². The van der Waals surface area contributed by atoms with Gasteiger partial charge in [-0.3, -0.25) is 5.10 Å². The molecule has 4 rings (SSSR count). The highest BCUT2D eigenvalue weighted by Gasteiger charge is 2.26. The fraction of sp³-hybridized carbons (Fsp3) is 0.632. The number of aromatic amines is 1. The normalized spacial score (nSPS) is 20.1. The lowest BCUT2D eigenvalue weighted by Gasteiger charge is -2.29. The van der Waals surface area contributed by atoms with Crippen LogP contribution in [0.15, 0.2) is 24.7 Å². The Morgan fingerprint density at radius 2 is 1.96 bits per heavy atom. The first-order chi connectivity index (χ1) is 12.4. The topological polar surface area (TPSA) is 69.7 Å². The zero-order chi connectivity index (χ0) is 16.9. The molecule has 2 N–H and O–H groups in total. The Morgan fingerprint density at radius 3 is 2.72 bits per heavy atom. The Bertz CT molecular complexity index is 644. The van der Waals surface area contributed by atoms with Gasteiger partial charge in [-0.1, -0.05) is 19.3 Å². The lowest BCUT2D eigenvalue weighted by Crippen LogP contribution is -2.30. The number of anilines is 1. The number of aromatic nitrogens is 4. The highest BCUT2D eigenvalue weighted by molar-refractivity contribution is 5.41. The van der Waals surface area contributed by atoms with Gasteiger partial charge in [-0.15, -0.1) is 0 Å². The van der Waals surface area contributed by atoms with Crippen molar-refractivity contribution < 1.29 is 0 Å². The van der Waals surface area contributed by atoms with Gasteiger partial charge in [0, 0.05) is 25.8 Å². The number of nitrogens with one attached hydrogen (secondary N) is 2. The Morgan fingerprint density at radius 1 is 1.12 bits per heavy atom. The third-order valence-electron chi connectivity index (χ3n) is 5.62. The maximum Gasteiger partial charge on any atom is 0.141 e. The molecule has 0 spiro atoms. The van der Waals surface area contributed by atoms with Crippen LogP contribution in [0.3, 0.4) is 0 Å². The molecule has 0 aromatic carbocycles. The van der Waals surface area contributed by atoms with Crippen molar-refractivity contribution in [3.63, 3.8) is 0 Å². The second-order valence-electron chi connectivity index (χ2n) is 7.34. The largest absolute Gasteiger partial charge is 0.357 e. The maximum absolute atomic E-state index is 4.56. The SMILES string of the molecule is c1cc(CNC(c2ncn[nH]2)C2CCCCC2)cc(N2CCCC2)n1. The summed E-state index contributed by atoms with van der Waals surface area (Å²) in [6, 6.07) is 4.60. The van der Waals surface area contributed by atoms with E-state index in [-0.39, 0.29) is 6.04 Å². The molecule has 0 bridgehead atoms. The number of rotatable bonds is 6. The van der Waals surface area contributed by atoms with E-state index in [1.54, 1.807) is 6.33 Å². The molecule has 2 aliphatic rings. The monoisotopic (exact) mass is 340 g/mol. The van der Waals surface area contributed by atoms with Crippen molar-refractivity contribution in [3.8, 4) is 0 Å². The summed E-state index contributed by atoms with van der Waals surface area (Å²) in [5, 5.41) is 10.9. The zero-order valence-corrected chi connectivity index (χ0v) is 14.8. The van der Waals surface area contributed by atoms with Crippen LogP contribution in [-0.4, -0.2) is 33.3 Å². The van der Waals surface area contributed by atoms with Crippen LogP contribution in [0.2, 0.25) is 0 Å². The highest BCUT2D eigenvalue weighted by Crippen LogP contribution is 2.33. The van der Waals surface area contributed by atoms with Gasteiger partial charge in [0.15, 0.2) is 0 Å². The molecule has 2 fully saturated rings. The van der Waals surface area contributed by atoms with Gasteiger partial charge in [0.2, 0.25) is 0 Å². The molecule has 6 nitrogen and oxygen atoms in total. The van der Waals surface area contributed by atoms with Gasteiger partial charge in [0.05, 0.1) is 6.04 Å². The van der Waals surface area contributed by atoms with Gasteiger partial charge in [0.25, 0.3) is 0 Å². The molecule has 0 amide bonds. The van der Waals surface area contributed by atoms with E-state index in [1.165, 1.54) is 50.5 Å². The van der Waals surface area contributed by atoms with Crippen molar-refractivity contribution in [2.24, 2.45) is 5.92 Å². The van der Waals surface area contributed by atoms with Crippen molar-refractivity contribution in [1.82, 2.24) is 25.5 Å². The average Bonchev–Trinajstić information content (AvgIpc) is 3.37. The minimum Gasteiger partial charge on any atom is -0.357 e. The second kappa shape index (κ2) is 7.95. The molecule has 134 valence electrons. The van der Waals surface area contributed by atoms with E-state index in [0.717, 1.165) is 31.3 Å².